The molecule has 1 aromatic rings. The molecule has 0 aromatic carbocycles. The highest BCUT2D eigenvalue weighted by molar-refractivity contribution is 5.76. The van der Waals surface area contributed by atoms with Gasteiger partial charge in [-0.2, -0.15) is 5.26 Å². The van der Waals surface area contributed by atoms with Crippen molar-refractivity contribution in [1.82, 2.24) is 4.98 Å². The van der Waals surface area contributed by atoms with Gasteiger partial charge in [0.25, 0.3) is 5.69 Å². The molecule has 8 nitrogen and oxygen atoms in total. The monoisotopic (exact) mass is 292 g/mol. The van der Waals surface area contributed by atoms with E-state index in [0.717, 1.165) is 18.7 Å². The quantitative estimate of drug-likeness (QED) is 0.427. The SMILES string of the molecule is CCCN(CC(=O)OCC)c1ncc([N+](=O)[O-])cc1C#N. The molecule has 0 atom stereocenters. The summed E-state index contributed by atoms with van der Waals surface area (Å²) in [6, 6.07) is 3.02. The van der Waals surface area contributed by atoms with Gasteiger partial charge < -0.3 is 9.64 Å². The molecule has 1 heterocycles. The number of pyridine rings is 1. The van der Waals surface area contributed by atoms with Crippen LogP contribution in [0.15, 0.2) is 12.3 Å². The second-order valence-electron chi connectivity index (χ2n) is 4.16. The van der Waals surface area contributed by atoms with Crippen LogP contribution in [-0.2, 0) is 9.53 Å². The molecular formula is C13H16N4O4. The fraction of sp³-hybridized carbons (Fsp3) is 0.462. The predicted molar refractivity (Wildman–Crippen MR) is 74.7 cm³/mol. The highest BCUT2D eigenvalue weighted by Crippen LogP contribution is 2.22. The highest BCUT2D eigenvalue weighted by Gasteiger charge is 2.19. The lowest BCUT2D eigenvalue weighted by Crippen LogP contribution is -2.33. The number of carbonyl (C=O) groups is 1. The third-order valence-electron chi connectivity index (χ3n) is 2.60. The van der Waals surface area contributed by atoms with E-state index < -0.39 is 10.9 Å². The van der Waals surface area contributed by atoms with Crippen LogP contribution in [0.1, 0.15) is 25.8 Å². The maximum atomic E-state index is 11.6. The Morgan fingerprint density at radius 3 is 2.81 bits per heavy atom. The summed E-state index contributed by atoms with van der Waals surface area (Å²) < 4.78 is 4.88. The number of esters is 1. The van der Waals surface area contributed by atoms with Gasteiger partial charge in [0.2, 0.25) is 0 Å². The Hall–Kier alpha value is -2.69. The molecule has 0 aliphatic carbocycles. The number of anilines is 1. The van der Waals surface area contributed by atoms with Crippen LogP contribution in [-0.4, -0.2) is 35.6 Å². The molecule has 0 spiro atoms. The zero-order valence-electron chi connectivity index (χ0n) is 11.9. The van der Waals surface area contributed by atoms with Gasteiger partial charge in [-0.25, -0.2) is 4.98 Å². The lowest BCUT2D eigenvalue weighted by Gasteiger charge is -2.22. The Morgan fingerprint density at radius 1 is 1.57 bits per heavy atom. The Morgan fingerprint density at radius 2 is 2.29 bits per heavy atom. The van der Waals surface area contributed by atoms with Gasteiger partial charge >= 0.3 is 5.97 Å². The molecule has 0 fully saturated rings. The largest absolute Gasteiger partial charge is 0.465 e. The van der Waals surface area contributed by atoms with Gasteiger partial charge in [0, 0.05) is 12.6 Å². The summed E-state index contributed by atoms with van der Waals surface area (Å²) in [7, 11) is 0. The van der Waals surface area contributed by atoms with Crippen molar-refractivity contribution >= 4 is 17.5 Å². The molecule has 21 heavy (non-hydrogen) atoms. The molecular weight excluding hydrogens is 276 g/mol. The zero-order chi connectivity index (χ0) is 15.8. The first-order valence-electron chi connectivity index (χ1n) is 6.48. The number of hydrogen-bond donors (Lipinski definition) is 0. The van der Waals surface area contributed by atoms with Crippen molar-refractivity contribution in [2.24, 2.45) is 0 Å². The molecule has 0 bridgehead atoms. The Balaban J connectivity index is 3.10. The van der Waals surface area contributed by atoms with Gasteiger partial charge in [0.05, 0.1) is 11.5 Å². The fourth-order valence-corrected chi connectivity index (χ4v) is 1.77. The zero-order valence-corrected chi connectivity index (χ0v) is 11.9. The second kappa shape index (κ2) is 7.79. The Bertz CT molecular complexity index is 568. The number of nitrogens with zero attached hydrogens (tertiary/aromatic N) is 4. The molecule has 1 rings (SSSR count). The first kappa shape index (κ1) is 16.4. The molecule has 8 heteroatoms. The van der Waals surface area contributed by atoms with E-state index in [9.17, 15) is 14.9 Å². The van der Waals surface area contributed by atoms with Crippen molar-refractivity contribution in [2.75, 3.05) is 24.6 Å². The molecule has 0 unspecified atom stereocenters. The van der Waals surface area contributed by atoms with Crippen LogP contribution in [0.25, 0.3) is 0 Å². The summed E-state index contributed by atoms with van der Waals surface area (Å²) >= 11 is 0. The van der Waals surface area contributed by atoms with Crippen molar-refractivity contribution in [2.45, 2.75) is 20.3 Å². The van der Waals surface area contributed by atoms with E-state index in [1.807, 2.05) is 13.0 Å². The molecule has 0 aliphatic heterocycles. The first-order valence-corrected chi connectivity index (χ1v) is 6.48. The van der Waals surface area contributed by atoms with E-state index in [0.29, 0.717) is 6.54 Å². The minimum atomic E-state index is -0.618. The molecule has 112 valence electrons. The smallest absolute Gasteiger partial charge is 0.325 e. The number of hydrogen-bond acceptors (Lipinski definition) is 7. The van der Waals surface area contributed by atoms with Crippen molar-refractivity contribution < 1.29 is 14.5 Å². The highest BCUT2D eigenvalue weighted by atomic mass is 16.6. The van der Waals surface area contributed by atoms with Crippen LogP contribution in [0.2, 0.25) is 0 Å². The summed E-state index contributed by atoms with van der Waals surface area (Å²) in [4.78, 5) is 27.2. The van der Waals surface area contributed by atoms with Gasteiger partial charge in [0.15, 0.2) is 0 Å². The van der Waals surface area contributed by atoms with E-state index in [1.54, 1.807) is 11.8 Å². The maximum Gasteiger partial charge on any atom is 0.325 e. The van der Waals surface area contributed by atoms with E-state index in [4.69, 9.17) is 10.00 Å². The van der Waals surface area contributed by atoms with Gasteiger partial charge in [0.1, 0.15) is 30.2 Å². The van der Waals surface area contributed by atoms with Gasteiger partial charge in [-0.05, 0) is 13.3 Å². The summed E-state index contributed by atoms with van der Waals surface area (Å²) in [6.07, 6.45) is 1.80. The Labute approximate surface area is 122 Å². The number of ether oxygens (including phenoxy) is 1. The number of nitriles is 1. The maximum absolute atomic E-state index is 11.6. The minimum absolute atomic E-state index is 0.0544. The van der Waals surface area contributed by atoms with Crippen LogP contribution in [0, 0.1) is 21.4 Å². The summed E-state index contributed by atoms with van der Waals surface area (Å²) in [5, 5.41) is 19.8. The normalized spacial score (nSPS) is 9.76. The lowest BCUT2D eigenvalue weighted by atomic mass is 10.2. The summed E-state index contributed by atoms with van der Waals surface area (Å²) in [5.74, 6) is -0.187. The van der Waals surface area contributed by atoms with Crippen molar-refractivity contribution in [3.8, 4) is 6.07 Å². The van der Waals surface area contributed by atoms with Gasteiger partial charge in [-0.15, -0.1) is 0 Å². The van der Waals surface area contributed by atoms with E-state index >= 15 is 0 Å². The third-order valence-corrected chi connectivity index (χ3v) is 2.60. The van der Waals surface area contributed by atoms with E-state index in [1.165, 1.54) is 0 Å². The number of carbonyl (C=O) groups excluding carboxylic acids is 1. The minimum Gasteiger partial charge on any atom is -0.465 e. The summed E-state index contributed by atoms with van der Waals surface area (Å²) in [5.41, 5.74) is -0.204. The van der Waals surface area contributed by atoms with Crippen LogP contribution >= 0.6 is 0 Å². The predicted octanol–water partition coefficient (Wildman–Crippen LogP) is 1.64. The third kappa shape index (κ3) is 4.42. The van der Waals surface area contributed by atoms with Crippen LogP contribution in [0.5, 0.6) is 0 Å². The van der Waals surface area contributed by atoms with Crippen molar-refractivity contribution in [1.29, 1.82) is 5.26 Å². The van der Waals surface area contributed by atoms with Crippen LogP contribution < -0.4 is 4.90 Å². The van der Waals surface area contributed by atoms with Crippen LogP contribution in [0.4, 0.5) is 11.5 Å². The number of rotatable bonds is 7. The Kier molecular flexibility index (Phi) is 6.07. The molecule has 0 aliphatic rings. The summed E-state index contributed by atoms with van der Waals surface area (Å²) in [6.45, 7) is 4.31. The number of aromatic nitrogens is 1. The second-order valence-corrected chi connectivity index (χ2v) is 4.16. The van der Waals surface area contributed by atoms with Crippen LogP contribution in [0.3, 0.4) is 0 Å². The topological polar surface area (TPSA) is 109 Å². The van der Waals surface area contributed by atoms with E-state index in [2.05, 4.69) is 4.98 Å². The molecule has 0 saturated carbocycles. The van der Waals surface area contributed by atoms with Crippen molar-refractivity contribution in [3.63, 3.8) is 0 Å². The van der Waals surface area contributed by atoms with Gasteiger partial charge in [-0.3, -0.25) is 14.9 Å². The lowest BCUT2D eigenvalue weighted by molar-refractivity contribution is -0.385. The van der Waals surface area contributed by atoms with E-state index in [-0.39, 0.29) is 30.2 Å². The molecule has 0 amide bonds. The standard InChI is InChI=1S/C13H16N4O4/c1-3-5-16(9-12(18)21-4-2)13-10(7-14)6-11(8-15-13)17(19)20/h6,8H,3-5,9H2,1-2H3. The van der Waals surface area contributed by atoms with Crippen molar-refractivity contribution in [3.05, 3.63) is 27.9 Å². The molecule has 0 radical (unpaired) electrons. The first-order chi connectivity index (χ1) is 10.0. The molecule has 0 saturated heterocycles. The molecule has 0 N–H and O–H groups in total. The fourth-order valence-electron chi connectivity index (χ4n) is 1.77. The van der Waals surface area contributed by atoms with Gasteiger partial charge in [-0.1, -0.05) is 6.92 Å². The average Bonchev–Trinajstić information content (AvgIpc) is 2.46. The number of nitro groups is 1. The average molecular weight is 292 g/mol. The molecule has 1 aromatic heterocycles.